The van der Waals surface area contributed by atoms with Crippen LogP contribution in [0.3, 0.4) is 0 Å². The number of nitrogens with one attached hydrogen (secondary N) is 2. The third-order valence-electron chi connectivity index (χ3n) is 3.35. The summed E-state index contributed by atoms with van der Waals surface area (Å²) in [5, 5.41) is 8.56. The summed E-state index contributed by atoms with van der Waals surface area (Å²) < 4.78 is 28.5. The SMILES string of the molecule is Cc1ccc(Cl)cc1.N=C1SNC(C=O)N1Cc1ccc(F)c(F)c1. The van der Waals surface area contributed by atoms with E-state index in [-0.39, 0.29) is 11.7 Å². The number of aryl methyl sites for hydroxylation is 1. The number of hydrogen-bond acceptors (Lipinski definition) is 4. The van der Waals surface area contributed by atoms with Crippen LogP contribution in [0.1, 0.15) is 11.1 Å². The first-order valence-electron chi connectivity index (χ1n) is 7.29. The first kappa shape index (κ1) is 19.4. The van der Waals surface area contributed by atoms with Gasteiger partial charge in [0.05, 0.1) is 0 Å². The highest BCUT2D eigenvalue weighted by atomic mass is 35.5. The maximum Gasteiger partial charge on any atom is 0.173 e. The minimum atomic E-state index is -0.934. The van der Waals surface area contributed by atoms with E-state index in [1.165, 1.54) is 16.5 Å². The third kappa shape index (κ3) is 5.52. The molecule has 1 aliphatic rings. The Kier molecular flexibility index (Phi) is 6.92. The van der Waals surface area contributed by atoms with E-state index in [9.17, 15) is 13.6 Å². The maximum atomic E-state index is 13.0. The van der Waals surface area contributed by atoms with Crippen LogP contribution in [0.4, 0.5) is 8.78 Å². The molecule has 2 N–H and O–H groups in total. The van der Waals surface area contributed by atoms with E-state index in [4.69, 9.17) is 17.0 Å². The van der Waals surface area contributed by atoms with Gasteiger partial charge < -0.3 is 4.90 Å². The third-order valence-corrected chi connectivity index (χ3v) is 4.39. The molecule has 1 unspecified atom stereocenters. The molecule has 0 spiro atoms. The number of amidine groups is 1. The minimum absolute atomic E-state index is 0.173. The van der Waals surface area contributed by atoms with E-state index in [0.717, 1.165) is 29.1 Å². The molecular weight excluding hydrogens is 368 g/mol. The zero-order valence-corrected chi connectivity index (χ0v) is 14.9. The van der Waals surface area contributed by atoms with E-state index in [1.807, 2.05) is 31.2 Å². The van der Waals surface area contributed by atoms with Crippen molar-refractivity contribution in [3.05, 3.63) is 70.2 Å². The summed E-state index contributed by atoms with van der Waals surface area (Å²) >= 11 is 6.64. The Morgan fingerprint density at radius 3 is 2.48 bits per heavy atom. The van der Waals surface area contributed by atoms with Crippen LogP contribution in [0.5, 0.6) is 0 Å². The lowest BCUT2D eigenvalue weighted by atomic mass is 10.2. The molecule has 8 heteroatoms. The van der Waals surface area contributed by atoms with Gasteiger partial charge in [-0.2, -0.15) is 0 Å². The molecule has 1 saturated heterocycles. The molecule has 4 nitrogen and oxygen atoms in total. The van der Waals surface area contributed by atoms with Gasteiger partial charge in [0.15, 0.2) is 23.1 Å². The van der Waals surface area contributed by atoms with Crippen molar-refractivity contribution < 1.29 is 13.6 Å². The van der Waals surface area contributed by atoms with Crippen LogP contribution in [0.2, 0.25) is 5.02 Å². The lowest BCUT2D eigenvalue weighted by Gasteiger charge is -2.20. The Balaban J connectivity index is 0.000000236. The average Bonchev–Trinajstić information content (AvgIpc) is 2.94. The van der Waals surface area contributed by atoms with Gasteiger partial charge in [0.25, 0.3) is 0 Å². The molecule has 0 aromatic heterocycles. The maximum absolute atomic E-state index is 13.0. The molecule has 1 heterocycles. The van der Waals surface area contributed by atoms with Crippen molar-refractivity contribution in [2.75, 3.05) is 0 Å². The number of hydrogen-bond donors (Lipinski definition) is 2. The van der Waals surface area contributed by atoms with Gasteiger partial charge in [-0.05, 0) is 48.7 Å². The Hall–Kier alpha value is -1.96. The number of halogens is 3. The van der Waals surface area contributed by atoms with Gasteiger partial charge in [0.1, 0.15) is 6.17 Å². The van der Waals surface area contributed by atoms with Gasteiger partial charge in [-0.15, -0.1) is 0 Å². The minimum Gasteiger partial charge on any atom is -0.323 e. The molecule has 2 aromatic rings. The van der Waals surface area contributed by atoms with Crippen LogP contribution in [-0.2, 0) is 11.3 Å². The van der Waals surface area contributed by atoms with Crippen molar-refractivity contribution in [1.29, 1.82) is 5.41 Å². The number of carbonyl (C=O) groups excluding carboxylic acids is 1. The lowest BCUT2D eigenvalue weighted by Crippen LogP contribution is -2.37. The molecule has 1 fully saturated rings. The van der Waals surface area contributed by atoms with Gasteiger partial charge in [0.2, 0.25) is 0 Å². The molecule has 0 saturated carbocycles. The second-order valence-corrected chi connectivity index (χ2v) is 6.54. The Labute approximate surface area is 153 Å². The van der Waals surface area contributed by atoms with Crippen LogP contribution in [-0.4, -0.2) is 22.5 Å². The Bertz CT molecular complexity index is 737. The summed E-state index contributed by atoms with van der Waals surface area (Å²) in [6.07, 6.45) is 0.0506. The Morgan fingerprint density at radius 1 is 1.24 bits per heavy atom. The highest BCUT2D eigenvalue weighted by Gasteiger charge is 2.28. The fraction of sp³-hybridized carbons (Fsp3) is 0.176. The molecule has 0 bridgehead atoms. The fourth-order valence-electron chi connectivity index (χ4n) is 2.00. The highest BCUT2D eigenvalue weighted by molar-refractivity contribution is 8.12. The standard InChI is InChI=1S/C10H9F2N3OS.C7H7Cl/c11-7-2-1-6(3-8(7)12)4-15-9(5-16)14-17-10(15)13;1-6-2-4-7(8)5-3-6/h1-3,5,9,13-14H,4H2;2-5H,1H3. The molecule has 132 valence electrons. The van der Waals surface area contributed by atoms with Crippen LogP contribution < -0.4 is 4.72 Å². The monoisotopic (exact) mass is 383 g/mol. The lowest BCUT2D eigenvalue weighted by molar-refractivity contribution is -0.111. The average molecular weight is 384 g/mol. The van der Waals surface area contributed by atoms with Crippen LogP contribution in [0, 0.1) is 24.0 Å². The van der Waals surface area contributed by atoms with Crippen molar-refractivity contribution in [2.45, 2.75) is 19.6 Å². The topological polar surface area (TPSA) is 56.2 Å². The summed E-state index contributed by atoms with van der Waals surface area (Å²) in [7, 11) is 0. The summed E-state index contributed by atoms with van der Waals surface area (Å²) in [6, 6.07) is 11.3. The van der Waals surface area contributed by atoms with E-state index < -0.39 is 17.8 Å². The van der Waals surface area contributed by atoms with E-state index in [1.54, 1.807) is 0 Å². The number of aldehydes is 1. The predicted molar refractivity (Wildman–Crippen MR) is 96.4 cm³/mol. The van der Waals surface area contributed by atoms with Crippen LogP contribution in [0.15, 0.2) is 42.5 Å². The van der Waals surface area contributed by atoms with Crippen molar-refractivity contribution >= 4 is 35.0 Å². The summed E-state index contributed by atoms with van der Waals surface area (Å²) in [5.74, 6) is -1.85. The number of carbonyl (C=O) groups is 1. The van der Waals surface area contributed by atoms with Crippen LogP contribution in [0.25, 0.3) is 0 Å². The summed E-state index contributed by atoms with van der Waals surface area (Å²) in [4.78, 5) is 12.2. The number of nitrogens with zero attached hydrogens (tertiary/aromatic N) is 1. The quantitative estimate of drug-likeness (QED) is 0.618. The molecule has 1 atom stereocenters. The Morgan fingerprint density at radius 2 is 1.92 bits per heavy atom. The van der Waals surface area contributed by atoms with Crippen molar-refractivity contribution in [3.8, 4) is 0 Å². The molecule has 1 aliphatic heterocycles. The first-order chi connectivity index (χ1) is 11.9. The fourth-order valence-corrected chi connectivity index (χ4v) is 2.84. The highest BCUT2D eigenvalue weighted by Crippen LogP contribution is 2.20. The van der Waals surface area contributed by atoms with Gasteiger partial charge in [-0.1, -0.05) is 35.4 Å². The zero-order valence-electron chi connectivity index (χ0n) is 13.3. The number of rotatable bonds is 3. The molecule has 0 amide bonds. The van der Waals surface area contributed by atoms with Gasteiger partial charge in [-0.25, -0.2) is 13.5 Å². The van der Waals surface area contributed by atoms with Crippen molar-refractivity contribution in [2.24, 2.45) is 0 Å². The second kappa shape index (κ2) is 8.94. The summed E-state index contributed by atoms with van der Waals surface area (Å²) in [5.41, 5.74) is 1.75. The number of benzene rings is 2. The summed E-state index contributed by atoms with van der Waals surface area (Å²) in [6.45, 7) is 2.22. The first-order valence-corrected chi connectivity index (χ1v) is 8.49. The largest absolute Gasteiger partial charge is 0.323 e. The molecule has 0 radical (unpaired) electrons. The smallest absolute Gasteiger partial charge is 0.173 e. The van der Waals surface area contributed by atoms with Gasteiger partial charge in [0, 0.05) is 11.6 Å². The van der Waals surface area contributed by atoms with E-state index in [2.05, 4.69) is 4.72 Å². The van der Waals surface area contributed by atoms with Crippen molar-refractivity contribution in [3.63, 3.8) is 0 Å². The van der Waals surface area contributed by atoms with E-state index >= 15 is 0 Å². The zero-order chi connectivity index (χ0) is 18.4. The van der Waals surface area contributed by atoms with Crippen LogP contribution >= 0.6 is 23.5 Å². The molecular formula is C17H16ClF2N3OS. The molecule has 0 aliphatic carbocycles. The molecule has 2 aromatic carbocycles. The van der Waals surface area contributed by atoms with Crippen molar-refractivity contribution in [1.82, 2.24) is 9.62 Å². The second-order valence-electron chi connectivity index (χ2n) is 5.28. The van der Waals surface area contributed by atoms with Gasteiger partial charge >= 0.3 is 0 Å². The molecule has 25 heavy (non-hydrogen) atoms. The normalized spacial score (nSPS) is 16.4. The molecule has 3 rings (SSSR count). The van der Waals surface area contributed by atoms with Gasteiger partial charge in [-0.3, -0.25) is 10.2 Å². The van der Waals surface area contributed by atoms with E-state index in [0.29, 0.717) is 11.8 Å². The predicted octanol–water partition coefficient (Wildman–Crippen LogP) is 4.13.